The van der Waals surface area contributed by atoms with E-state index < -0.39 is 0 Å². The Balaban J connectivity index is 2.09. The zero-order chi connectivity index (χ0) is 11.7. The van der Waals surface area contributed by atoms with Crippen LogP contribution in [0.25, 0.3) is 0 Å². The molecule has 1 aromatic heterocycles. The molecular formula is C12H21N3S. The molecular weight excluding hydrogens is 218 g/mol. The van der Waals surface area contributed by atoms with Crippen LogP contribution in [0.15, 0.2) is 0 Å². The first-order chi connectivity index (χ1) is 7.58. The summed E-state index contributed by atoms with van der Waals surface area (Å²) in [7, 11) is 0. The number of aryl methyl sites for hydroxylation is 2. The molecule has 1 aliphatic heterocycles. The van der Waals surface area contributed by atoms with Gasteiger partial charge in [0, 0.05) is 24.0 Å². The topological polar surface area (TPSA) is 42.2 Å². The summed E-state index contributed by atoms with van der Waals surface area (Å²) in [6, 6.07) is 0.296. The molecule has 3 nitrogen and oxygen atoms in total. The standard InChI is InChI=1S/C12H21N3S/c1-8(13)11-5-4-6-15(7-11)12-14-9(2)10(3)16-12/h8,11H,4-7,13H2,1-3H3. The highest BCUT2D eigenvalue weighted by Gasteiger charge is 2.24. The molecule has 2 heterocycles. The fourth-order valence-corrected chi connectivity index (χ4v) is 3.15. The molecule has 2 rings (SSSR count). The Morgan fingerprint density at radius 2 is 2.25 bits per heavy atom. The summed E-state index contributed by atoms with van der Waals surface area (Å²) >= 11 is 1.81. The van der Waals surface area contributed by atoms with Gasteiger partial charge in [0.1, 0.15) is 0 Å². The van der Waals surface area contributed by atoms with Crippen LogP contribution in [0.1, 0.15) is 30.3 Å². The monoisotopic (exact) mass is 239 g/mol. The summed E-state index contributed by atoms with van der Waals surface area (Å²) in [4.78, 5) is 8.37. The van der Waals surface area contributed by atoms with Gasteiger partial charge in [-0.15, -0.1) is 11.3 Å². The maximum Gasteiger partial charge on any atom is 0.185 e. The van der Waals surface area contributed by atoms with E-state index in [1.54, 1.807) is 0 Å². The molecule has 2 N–H and O–H groups in total. The van der Waals surface area contributed by atoms with E-state index in [-0.39, 0.29) is 0 Å². The molecule has 90 valence electrons. The zero-order valence-corrected chi connectivity index (χ0v) is 11.2. The lowest BCUT2D eigenvalue weighted by atomic mass is 9.92. The number of nitrogens with zero attached hydrogens (tertiary/aromatic N) is 2. The highest BCUT2D eigenvalue weighted by atomic mass is 32.1. The van der Waals surface area contributed by atoms with Crippen LogP contribution in [0.5, 0.6) is 0 Å². The van der Waals surface area contributed by atoms with E-state index in [0.29, 0.717) is 12.0 Å². The maximum atomic E-state index is 6.00. The van der Waals surface area contributed by atoms with Crippen molar-refractivity contribution in [3.63, 3.8) is 0 Å². The fraction of sp³-hybridized carbons (Fsp3) is 0.750. The number of anilines is 1. The van der Waals surface area contributed by atoms with Crippen LogP contribution in [0.4, 0.5) is 5.13 Å². The van der Waals surface area contributed by atoms with Crippen molar-refractivity contribution in [1.82, 2.24) is 4.98 Å². The summed E-state index contributed by atoms with van der Waals surface area (Å²) in [6.07, 6.45) is 2.50. The van der Waals surface area contributed by atoms with E-state index in [1.807, 2.05) is 11.3 Å². The summed E-state index contributed by atoms with van der Waals surface area (Å²) in [6.45, 7) is 8.55. The third kappa shape index (κ3) is 2.38. The molecule has 1 aromatic rings. The second-order valence-corrected chi connectivity index (χ2v) is 6.03. The molecule has 0 radical (unpaired) electrons. The number of rotatable bonds is 2. The van der Waals surface area contributed by atoms with Gasteiger partial charge >= 0.3 is 0 Å². The second-order valence-electron chi connectivity index (χ2n) is 4.85. The first kappa shape index (κ1) is 11.9. The summed E-state index contributed by atoms with van der Waals surface area (Å²) < 4.78 is 0. The van der Waals surface area contributed by atoms with Crippen molar-refractivity contribution in [3.05, 3.63) is 10.6 Å². The SMILES string of the molecule is Cc1nc(N2CCCC(C(C)N)C2)sc1C. The minimum atomic E-state index is 0.296. The van der Waals surface area contributed by atoms with E-state index in [2.05, 4.69) is 30.7 Å². The van der Waals surface area contributed by atoms with Gasteiger partial charge in [-0.2, -0.15) is 0 Å². The number of nitrogens with two attached hydrogens (primary N) is 1. The van der Waals surface area contributed by atoms with Crippen molar-refractivity contribution in [3.8, 4) is 0 Å². The van der Waals surface area contributed by atoms with Crippen LogP contribution < -0.4 is 10.6 Å². The number of hydrogen-bond donors (Lipinski definition) is 1. The lowest BCUT2D eigenvalue weighted by Crippen LogP contribution is -2.42. The van der Waals surface area contributed by atoms with Crippen molar-refractivity contribution < 1.29 is 0 Å². The first-order valence-corrected chi connectivity index (χ1v) is 6.84. The Morgan fingerprint density at radius 3 is 2.81 bits per heavy atom. The van der Waals surface area contributed by atoms with Crippen LogP contribution in [0.2, 0.25) is 0 Å². The number of aromatic nitrogens is 1. The predicted molar refractivity (Wildman–Crippen MR) is 70.2 cm³/mol. The molecule has 2 unspecified atom stereocenters. The van der Waals surface area contributed by atoms with Crippen molar-refractivity contribution in [2.45, 2.75) is 39.7 Å². The van der Waals surface area contributed by atoms with Gasteiger partial charge in [-0.25, -0.2) is 4.98 Å². The molecule has 0 amide bonds. The van der Waals surface area contributed by atoms with Crippen molar-refractivity contribution >= 4 is 16.5 Å². The quantitative estimate of drug-likeness (QED) is 0.861. The van der Waals surface area contributed by atoms with Gasteiger partial charge in [-0.1, -0.05) is 0 Å². The molecule has 0 aliphatic carbocycles. The van der Waals surface area contributed by atoms with E-state index in [9.17, 15) is 0 Å². The lowest BCUT2D eigenvalue weighted by Gasteiger charge is -2.34. The van der Waals surface area contributed by atoms with Crippen LogP contribution in [-0.2, 0) is 0 Å². The average molecular weight is 239 g/mol. The van der Waals surface area contributed by atoms with Crippen LogP contribution in [0.3, 0.4) is 0 Å². The minimum Gasteiger partial charge on any atom is -0.348 e. The van der Waals surface area contributed by atoms with Crippen molar-refractivity contribution in [2.75, 3.05) is 18.0 Å². The highest BCUT2D eigenvalue weighted by Crippen LogP contribution is 2.29. The smallest absolute Gasteiger partial charge is 0.185 e. The highest BCUT2D eigenvalue weighted by molar-refractivity contribution is 7.15. The third-order valence-electron chi connectivity index (χ3n) is 3.49. The molecule has 1 saturated heterocycles. The molecule has 16 heavy (non-hydrogen) atoms. The van der Waals surface area contributed by atoms with E-state index in [4.69, 9.17) is 5.73 Å². The normalized spacial score (nSPS) is 23.5. The Hall–Kier alpha value is -0.610. The molecule has 0 saturated carbocycles. The van der Waals surface area contributed by atoms with Crippen LogP contribution in [-0.4, -0.2) is 24.1 Å². The van der Waals surface area contributed by atoms with Crippen molar-refractivity contribution in [2.24, 2.45) is 11.7 Å². The molecule has 4 heteroatoms. The Kier molecular flexibility index (Phi) is 3.50. The van der Waals surface area contributed by atoms with Gasteiger partial charge in [0.25, 0.3) is 0 Å². The first-order valence-electron chi connectivity index (χ1n) is 6.02. The zero-order valence-electron chi connectivity index (χ0n) is 10.4. The second kappa shape index (κ2) is 4.72. The van der Waals surface area contributed by atoms with Crippen LogP contribution in [0, 0.1) is 19.8 Å². The summed E-state index contributed by atoms with van der Waals surface area (Å²) in [5.74, 6) is 0.623. The predicted octanol–water partition coefficient (Wildman–Crippen LogP) is 2.32. The summed E-state index contributed by atoms with van der Waals surface area (Å²) in [5.41, 5.74) is 7.17. The molecule has 1 aliphatic rings. The molecule has 0 bridgehead atoms. The minimum absolute atomic E-state index is 0.296. The summed E-state index contributed by atoms with van der Waals surface area (Å²) in [5, 5.41) is 1.18. The molecule has 0 aromatic carbocycles. The Morgan fingerprint density at radius 1 is 1.50 bits per heavy atom. The Bertz CT molecular complexity index is 340. The van der Waals surface area contributed by atoms with Gasteiger partial charge in [-0.3, -0.25) is 0 Å². The lowest BCUT2D eigenvalue weighted by molar-refractivity contribution is 0.364. The fourth-order valence-electron chi connectivity index (χ4n) is 2.20. The van der Waals surface area contributed by atoms with Gasteiger partial charge in [0.05, 0.1) is 5.69 Å². The van der Waals surface area contributed by atoms with Gasteiger partial charge in [0.2, 0.25) is 0 Å². The number of thiazole rings is 1. The van der Waals surface area contributed by atoms with Gasteiger partial charge in [-0.05, 0) is 39.5 Å². The number of hydrogen-bond acceptors (Lipinski definition) is 4. The van der Waals surface area contributed by atoms with E-state index in [0.717, 1.165) is 13.1 Å². The number of piperidine rings is 1. The van der Waals surface area contributed by atoms with Gasteiger partial charge in [0.15, 0.2) is 5.13 Å². The average Bonchev–Trinajstić information content (AvgIpc) is 2.59. The molecule has 1 fully saturated rings. The molecule has 2 atom stereocenters. The Labute approximate surface area is 102 Å². The van der Waals surface area contributed by atoms with Crippen molar-refractivity contribution in [1.29, 1.82) is 0 Å². The van der Waals surface area contributed by atoms with E-state index in [1.165, 1.54) is 28.5 Å². The molecule has 0 spiro atoms. The maximum absolute atomic E-state index is 6.00. The van der Waals surface area contributed by atoms with E-state index >= 15 is 0 Å². The van der Waals surface area contributed by atoms with Gasteiger partial charge < -0.3 is 10.6 Å². The van der Waals surface area contributed by atoms with Crippen LogP contribution >= 0.6 is 11.3 Å². The third-order valence-corrected chi connectivity index (χ3v) is 4.62. The largest absolute Gasteiger partial charge is 0.348 e.